The van der Waals surface area contributed by atoms with Gasteiger partial charge in [0.15, 0.2) is 0 Å². The summed E-state index contributed by atoms with van der Waals surface area (Å²) in [6.45, 7) is 3.25. The average molecular weight is 403 g/mol. The summed E-state index contributed by atoms with van der Waals surface area (Å²) in [7, 11) is 3.09. The Hall–Kier alpha value is -2.24. The minimum atomic E-state index is -0.0945. The van der Waals surface area contributed by atoms with Crippen LogP contribution in [-0.2, 0) is 11.3 Å². The molecule has 5 nitrogen and oxygen atoms in total. The maximum Gasteiger partial charge on any atom is 0.238 e. The van der Waals surface area contributed by atoms with Crippen LogP contribution in [0, 0.1) is 5.92 Å². The van der Waals surface area contributed by atoms with Crippen LogP contribution in [0.1, 0.15) is 25.3 Å². The van der Waals surface area contributed by atoms with Crippen LogP contribution in [0.15, 0.2) is 42.5 Å². The highest BCUT2D eigenvalue weighted by Gasteiger charge is 2.32. The molecule has 1 saturated carbocycles. The number of benzene rings is 2. The van der Waals surface area contributed by atoms with Gasteiger partial charge in [0.05, 0.1) is 31.5 Å². The summed E-state index contributed by atoms with van der Waals surface area (Å²) < 4.78 is 10.6. The number of hydrogen-bond acceptors (Lipinski definition) is 4. The second-order valence-electron chi connectivity index (χ2n) is 7.20. The van der Waals surface area contributed by atoms with Gasteiger partial charge in [-0.2, -0.15) is 0 Å². The maximum absolute atomic E-state index is 12.8. The summed E-state index contributed by atoms with van der Waals surface area (Å²) in [6, 6.07) is 13.9. The van der Waals surface area contributed by atoms with E-state index in [0.717, 1.165) is 6.54 Å². The number of anilines is 1. The lowest BCUT2D eigenvalue weighted by atomic mass is 10.1. The molecule has 1 amide bonds. The maximum atomic E-state index is 12.8. The molecule has 0 heterocycles. The Balaban J connectivity index is 1.72. The average Bonchev–Trinajstić information content (AvgIpc) is 3.53. The fourth-order valence-electron chi connectivity index (χ4n) is 3.37. The number of rotatable bonds is 9. The molecule has 0 spiro atoms. The molecule has 2 aromatic carbocycles. The summed E-state index contributed by atoms with van der Waals surface area (Å²) in [4.78, 5) is 15.0. The van der Waals surface area contributed by atoms with E-state index in [1.807, 2.05) is 18.2 Å². The van der Waals surface area contributed by atoms with Gasteiger partial charge in [-0.1, -0.05) is 41.9 Å². The molecule has 2 aromatic rings. The van der Waals surface area contributed by atoms with Crippen molar-refractivity contribution in [3.05, 3.63) is 53.1 Å². The summed E-state index contributed by atoms with van der Waals surface area (Å²) >= 11 is 6.21. The van der Waals surface area contributed by atoms with Gasteiger partial charge in [0.1, 0.15) is 11.5 Å². The Labute approximate surface area is 171 Å². The third-order valence-corrected chi connectivity index (χ3v) is 5.50. The number of ether oxygens (including phenoxy) is 2. The minimum absolute atomic E-state index is 0.0945. The van der Waals surface area contributed by atoms with Gasteiger partial charge >= 0.3 is 0 Å². The van der Waals surface area contributed by atoms with Gasteiger partial charge < -0.3 is 14.8 Å². The zero-order chi connectivity index (χ0) is 20.1. The molecule has 0 aromatic heterocycles. The van der Waals surface area contributed by atoms with E-state index < -0.39 is 0 Å². The summed E-state index contributed by atoms with van der Waals surface area (Å²) in [5.74, 6) is 1.59. The molecular weight excluding hydrogens is 376 g/mol. The van der Waals surface area contributed by atoms with Crippen molar-refractivity contribution in [3.63, 3.8) is 0 Å². The zero-order valence-electron chi connectivity index (χ0n) is 16.6. The fraction of sp³-hybridized carbons (Fsp3) is 0.409. The van der Waals surface area contributed by atoms with Crippen molar-refractivity contribution in [2.45, 2.75) is 32.4 Å². The van der Waals surface area contributed by atoms with Crippen LogP contribution in [0.4, 0.5) is 5.69 Å². The first-order valence-electron chi connectivity index (χ1n) is 9.51. The standard InChI is InChI=1S/C22H27ClN2O3/c1-15(17-9-10-17)25(13-16-7-5-4-6-8-16)14-22(26)24-19-11-18(23)20(27-2)12-21(19)28-3/h4-8,11-12,15,17H,9-10,13-14H2,1-3H3,(H,24,26). The lowest BCUT2D eigenvalue weighted by Crippen LogP contribution is -2.40. The van der Waals surface area contributed by atoms with E-state index in [-0.39, 0.29) is 5.91 Å². The van der Waals surface area contributed by atoms with Gasteiger partial charge in [-0.15, -0.1) is 0 Å². The van der Waals surface area contributed by atoms with Crippen molar-refractivity contribution in [1.29, 1.82) is 0 Å². The monoisotopic (exact) mass is 402 g/mol. The molecule has 0 aliphatic heterocycles. The van der Waals surface area contributed by atoms with Crippen molar-refractivity contribution in [2.75, 3.05) is 26.1 Å². The Bertz CT molecular complexity index is 809. The largest absolute Gasteiger partial charge is 0.495 e. The van der Waals surface area contributed by atoms with Crippen LogP contribution in [-0.4, -0.2) is 37.6 Å². The highest BCUT2D eigenvalue weighted by atomic mass is 35.5. The highest BCUT2D eigenvalue weighted by molar-refractivity contribution is 6.32. The molecule has 150 valence electrons. The molecule has 0 radical (unpaired) electrons. The van der Waals surface area contributed by atoms with Crippen molar-refractivity contribution >= 4 is 23.2 Å². The van der Waals surface area contributed by atoms with Crippen LogP contribution in [0.5, 0.6) is 11.5 Å². The van der Waals surface area contributed by atoms with Gasteiger partial charge in [-0.05, 0) is 37.3 Å². The first kappa shape index (κ1) is 20.5. The van der Waals surface area contributed by atoms with Crippen molar-refractivity contribution in [2.24, 2.45) is 5.92 Å². The smallest absolute Gasteiger partial charge is 0.238 e. The number of amides is 1. The van der Waals surface area contributed by atoms with E-state index in [9.17, 15) is 4.79 Å². The van der Waals surface area contributed by atoms with Crippen LogP contribution < -0.4 is 14.8 Å². The molecule has 1 aliphatic carbocycles. The van der Waals surface area contributed by atoms with Crippen LogP contribution >= 0.6 is 11.6 Å². The number of carbonyl (C=O) groups excluding carboxylic acids is 1. The van der Waals surface area contributed by atoms with Gasteiger partial charge in [-0.3, -0.25) is 9.69 Å². The van der Waals surface area contributed by atoms with E-state index in [1.54, 1.807) is 26.4 Å². The quantitative estimate of drug-likeness (QED) is 0.666. The minimum Gasteiger partial charge on any atom is -0.495 e. The molecule has 28 heavy (non-hydrogen) atoms. The number of nitrogens with zero attached hydrogens (tertiary/aromatic N) is 1. The highest BCUT2D eigenvalue weighted by Crippen LogP contribution is 2.37. The predicted molar refractivity (Wildman–Crippen MR) is 112 cm³/mol. The van der Waals surface area contributed by atoms with Crippen molar-refractivity contribution in [1.82, 2.24) is 4.90 Å². The van der Waals surface area contributed by atoms with Crippen LogP contribution in [0.25, 0.3) is 0 Å². The molecule has 1 N–H and O–H groups in total. The first-order chi connectivity index (χ1) is 13.5. The Morgan fingerprint density at radius 1 is 1.18 bits per heavy atom. The van der Waals surface area contributed by atoms with Gasteiger partial charge in [0.25, 0.3) is 0 Å². The Kier molecular flexibility index (Phi) is 6.81. The predicted octanol–water partition coefficient (Wildman–Crippen LogP) is 4.60. The fourth-order valence-corrected chi connectivity index (χ4v) is 3.61. The third kappa shape index (κ3) is 5.18. The van der Waals surface area contributed by atoms with Crippen molar-refractivity contribution in [3.8, 4) is 11.5 Å². The van der Waals surface area contributed by atoms with E-state index in [1.165, 1.54) is 18.4 Å². The number of nitrogens with one attached hydrogen (secondary N) is 1. The first-order valence-corrected chi connectivity index (χ1v) is 9.89. The van der Waals surface area contributed by atoms with Crippen LogP contribution in [0.3, 0.4) is 0 Å². The molecule has 0 saturated heterocycles. The summed E-state index contributed by atoms with van der Waals surface area (Å²) in [5, 5.41) is 3.36. The number of carbonyl (C=O) groups is 1. The molecule has 1 unspecified atom stereocenters. The van der Waals surface area contributed by atoms with Crippen LogP contribution in [0.2, 0.25) is 5.02 Å². The Morgan fingerprint density at radius 2 is 1.86 bits per heavy atom. The lowest BCUT2D eigenvalue weighted by molar-refractivity contribution is -0.118. The molecular formula is C22H27ClN2O3. The normalized spacial score (nSPS) is 14.6. The van der Waals surface area contributed by atoms with Gasteiger partial charge in [0, 0.05) is 18.7 Å². The zero-order valence-corrected chi connectivity index (χ0v) is 17.3. The second kappa shape index (κ2) is 9.30. The molecule has 1 atom stereocenters. The molecule has 1 aliphatic rings. The summed E-state index contributed by atoms with van der Waals surface area (Å²) in [6.07, 6.45) is 2.46. The Morgan fingerprint density at radius 3 is 2.46 bits per heavy atom. The van der Waals surface area contributed by atoms with Gasteiger partial charge in [-0.25, -0.2) is 0 Å². The number of halogens is 1. The SMILES string of the molecule is COc1cc(OC)c(NC(=O)CN(Cc2ccccc2)C(C)C2CC2)cc1Cl. The van der Waals surface area contributed by atoms with E-state index in [4.69, 9.17) is 21.1 Å². The van der Waals surface area contributed by atoms with Crippen molar-refractivity contribution < 1.29 is 14.3 Å². The second-order valence-corrected chi connectivity index (χ2v) is 7.61. The molecule has 0 bridgehead atoms. The van der Waals surface area contributed by atoms with Gasteiger partial charge in [0.2, 0.25) is 5.91 Å². The summed E-state index contributed by atoms with van der Waals surface area (Å²) in [5.41, 5.74) is 1.74. The number of hydrogen-bond donors (Lipinski definition) is 1. The molecule has 3 rings (SSSR count). The molecule has 1 fully saturated rings. The topological polar surface area (TPSA) is 50.8 Å². The third-order valence-electron chi connectivity index (χ3n) is 5.20. The molecule has 6 heteroatoms. The lowest BCUT2D eigenvalue weighted by Gasteiger charge is -2.29. The van der Waals surface area contributed by atoms with E-state index >= 15 is 0 Å². The van der Waals surface area contributed by atoms with E-state index in [0.29, 0.717) is 40.7 Å². The van der Waals surface area contributed by atoms with E-state index in [2.05, 4.69) is 29.3 Å². The number of methoxy groups -OCH3 is 2.